The predicted molar refractivity (Wildman–Crippen MR) is 67.8 cm³/mol. The molecule has 0 bridgehead atoms. The average molecular weight is 207 g/mol. The van der Waals surface area contributed by atoms with Gasteiger partial charge in [0.15, 0.2) is 0 Å². The molecule has 1 aromatic rings. The molecule has 0 radical (unpaired) electrons. The van der Waals surface area contributed by atoms with Gasteiger partial charge in [-0.15, -0.1) is 0 Å². The van der Waals surface area contributed by atoms with Crippen LogP contribution in [0.5, 0.6) is 0 Å². The zero-order valence-corrected chi connectivity index (χ0v) is 9.75. The van der Waals surface area contributed by atoms with Crippen molar-refractivity contribution in [1.29, 1.82) is 0 Å². The van der Waals surface area contributed by atoms with Gasteiger partial charge in [-0.2, -0.15) is 0 Å². The first-order chi connectivity index (χ1) is 6.99. The van der Waals surface area contributed by atoms with Gasteiger partial charge in [0.25, 0.3) is 0 Å². The molecule has 0 saturated carbocycles. The van der Waals surface area contributed by atoms with E-state index in [9.17, 15) is 0 Å². The molecule has 1 rings (SSSR count). The maximum atomic E-state index is 5.73. The molecular formula is C12H21N3. The summed E-state index contributed by atoms with van der Waals surface area (Å²) in [5.74, 6) is 0.693. The summed E-state index contributed by atoms with van der Waals surface area (Å²) >= 11 is 0. The number of hydrogen-bond acceptors (Lipinski definition) is 3. The molecule has 0 fully saturated rings. The summed E-state index contributed by atoms with van der Waals surface area (Å²) < 4.78 is 0. The summed E-state index contributed by atoms with van der Waals surface area (Å²) in [6.45, 7) is 6.61. The number of anilines is 3. The number of rotatable bonds is 4. The van der Waals surface area contributed by atoms with Crippen LogP contribution in [0.3, 0.4) is 0 Å². The largest absolute Gasteiger partial charge is 0.397 e. The number of benzene rings is 1. The zero-order chi connectivity index (χ0) is 11.4. The highest BCUT2D eigenvalue weighted by Gasteiger charge is 2.05. The van der Waals surface area contributed by atoms with Crippen molar-refractivity contribution in [2.75, 3.05) is 16.8 Å². The molecule has 1 atom stereocenters. The Morgan fingerprint density at radius 3 is 2.33 bits per heavy atom. The van der Waals surface area contributed by atoms with Crippen molar-refractivity contribution in [1.82, 2.24) is 0 Å². The van der Waals surface area contributed by atoms with E-state index in [4.69, 9.17) is 11.5 Å². The first-order valence-electron chi connectivity index (χ1n) is 5.40. The number of nitrogen functional groups attached to an aromatic ring is 2. The van der Waals surface area contributed by atoms with Crippen LogP contribution in [0.25, 0.3) is 0 Å². The quantitative estimate of drug-likeness (QED) is 0.665. The van der Waals surface area contributed by atoms with Crippen molar-refractivity contribution in [3.8, 4) is 0 Å². The normalized spacial score (nSPS) is 12.8. The van der Waals surface area contributed by atoms with E-state index < -0.39 is 0 Å². The molecule has 3 heteroatoms. The van der Waals surface area contributed by atoms with E-state index in [-0.39, 0.29) is 0 Å². The molecule has 15 heavy (non-hydrogen) atoms. The maximum absolute atomic E-state index is 5.73. The van der Waals surface area contributed by atoms with Crippen molar-refractivity contribution in [2.24, 2.45) is 5.92 Å². The van der Waals surface area contributed by atoms with Crippen molar-refractivity contribution >= 4 is 17.1 Å². The average Bonchev–Trinajstić information content (AvgIpc) is 2.10. The number of nitrogens with one attached hydrogen (secondary N) is 1. The minimum atomic E-state index is 0.452. The molecule has 0 aromatic heterocycles. The molecule has 0 saturated heterocycles. The highest BCUT2D eigenvalue weighted by molar-refractivity contribution is 5.69. The SMILES string of the molecule is CC(C)CC(C)Nc1ccc(N)c(N)c1. The minimum Gasteiger partial charge on any atom is -0.397 e. The number of hydrogen-bond donors (Lipinski definition) is 3. The van der Waals surface area contributed by atoms with Crippen LogP contribution >= 0.6 is 0 Å². The van der Waals surface area contributed by atoms with Crippen LogP contribution in [0.4, 0.5) is 17.1 Å². The lowest BCUT2D eigenvalue weighted by Crippen LogP contribution is -2.17. The molecule has 0 spiro atoms. The fourth-order valence-electron chi connectivity index (χ4n) is 1.72. The van der Waals surface area contributed by atoms with Crippen LogP contribution in [-0.2, 0) is 0 Å². The van der Waals surface area contributed by atoms with Gasteiger partial charge in [0.05, 0.1) is 11.4 Å². The Morgan fingerprint density at radius 2 is 1.80 bits per heavy atom. The topological polar surface area (TPSA) is 64.1 Å². The van der Waals surface area contributed by atoms with E-state index in [2.05, 4.69) is 26.1 Å². The molecule has 1 aromatic carbocycles. The predicted octanol–water partition coefficient (Wildman–Crippen LogP) is 2.70. The molecular weight excluding hydrogens is 186 g/mol. The molecule has 0 aliphatic heterocycles. The summed E-state index contributed by atoms with van der Waals surface area (Å²) in [4.78, 5) is 0. The molecule has 0 amide bonds. The van der Waals surface area contributed by atoms with Gasteiger partial charge in [-0.05, 0) is 37.5 Å². The first-order valence-corrected chi connectivity index (χ1v) is 5.40. The summed E-state index contributed by atoms with van der Waals surface area (Å²) in [5.41, 5.74) is 13.7. The molecule has 0 heterocycles. The Morgan fingerprint density at radius 1 is 1.13 bits per heavy atom. The first kappa shape index (κ1) is 11.7. The van der Waals surface area contributed by atoms with E-state index in [1.54, 1.807) is 0 Å². The van der Waals surface area contributed by atoms with E-state index in [1.165, 1.54) is 0 Å². The summed E-state index contributed by atoms with van der Waals surface area (Å²) in [6, 6.07) is 6.13. The Hall–Kier alpha value is -1.38. The Balaban J connectivity index is 2.60. The van der Waals surface area contributed by atoms with Gasteiger partial charge in [-0.3, -0.25) is 0 Å². The van der Waals surface area contributed by atoms with Crippen LogP contribution < -0.4 is 16.8 Å². The third-order valence-corrected chi connectivity index (χ3v) is 2.32. The van der Waals surface area contributed by atoms with Crippen LogP contribution in [0.1, 0.15) is 27.2 Å². The standard InChI is InChI=1S/C12H21N3/c1-8(2)6-9(3)15-10-4-5-11(13)12(14)7-10/h4-5,7-9,15H,6,13-14H2,1-3H3. The van der Waals surface area contributed by atoms with Gasteiger partial charge < -0.3 is 16.8 Å². The molecule has 1 unspecified atom stereocenters. The van der Waals surface area contributed by atoms with Gasteiger partial charge in [-0.1, -0.05) is 13.8 Å². The van der Waals surface area contributed by atoms with Crippen molar-refractivity contribution < 1.29 is 0 Å². The molecule has 5 N–H and O–H groups in total. The highest BCUT2D eigenvalue weighted by atomic mass is 14.9. The summed E-state index contributed by atoms with van der Waals surface area (Å²) in [7, 11) is 0. The fraction of sp³-hybridized carbons (Fsp3) is 0.500. The number of nitrogens with two attached hydrogens (primary N) is 2. The maximum Gasteiger partial charge on any atom is 0.0568 e. The van der Waals surface area contributed by atoms with Gasteiger partial charge in [0, 0.05) is 11.7 Å². The van der Waals surface area contributed by atoms with E-state index >= 15 is 0 Å². The Kier molecular flexibility index (Phi) is 3.83. The van der Waals surface area contributed by atoms with Gasteiger partial charge in [0.2, 0.25) is 0 Å². The summed E-state index contributed by atoms with van der Waals surface area (Å²) in [5, 5.41) is 3.41. The molecule has 84 valence electrons. The second-order valence-corrected chi connectivity index (χ2v) is 4.52. The van der Waals surface area contributed by atoms with Gasteiger partial charge >= 0.3 is 0 Å². The lowest BCUT2D eigenvalue weighted by atomic mass is 10.1. The van der Waals surface area contributed by atoms with Crippen molar-refractivity contribution in [3.63, 3.8) is 0 Å². The molecule has 3 nitrogen and oxygen atoms in total. The third kappa shape index (κ3) is 3.70. The summed E-state index contributed by atoms with van der Waals surface area (Å²) in [6.07, 6.45) is 1.14. The second-order valence-electron chi connectivity index (χ2n) is 4.52. The van der Waals surface area contributed by atoms with E-state index in [0.717, 1.165) is 12.1 Å². The van der Waals surface area contributed by atoms with Gasteiger partial charge in [0.1, 0.15) is 0 Å². The molecule has 0 aliphatic rings. The third-order valence-electron chi connectivity index (χ3n) is 2.32. The fourth-order valence-corrected chi connectivity index (χ4v) is 1.72. The van der Waals surface area contributed by atoms with Crippen molar-refractivity contribution in [3.05, 3.63) is 18.2 Å². The smallest absolute Gasteiger partial charge is 0.0568 e. The van der Waals surface area contributed by atoms with Crippen LogP contribution in [0.2, 0.25) is 0 Å². The van der Waals surface area contributed by atoms with Crippen LogP contribution in [0, 0.1) is 5.92 Å². The van der Waals surface area contributed by atoms with Gasteiger partial charge in [-0.25, -0.2) is 0 Å². The highest BCUT2D eigenvalue weighted by Crippen LogP contribution is 2.21. The van der Waals surface area contributed by atoms with Crippen molar-refractivity contribution in [2.45, 2.75) is 33.2 Å². The molecule has 0 aliphatic carbocycles. The van der Waals surface area contributed by atoms with E-state index in [0.29, 0.717) is 23.3 Å². The Labute approximate surface area is 91.9 Å². The lowest BCUT2D eigenvalue weighted by Gasteiger charge is -2.17. The lowest BCUT2D eigenvalue weighted by molar-refractivity contribution is 0.540. The van der Waals surface area contributed by atoms with Crippen LogP contribution in [0.15, 0.2) is 18.2 Å². The van der Waals surface area contributed by atoms with Crippen LogP contribution in [-0.4, -0.2) is 6.04 Å². The van der Waals surface area contributed by atoms with E-state index in [1.807, 2.05) is 18.2 Å². The zero-order valence-electron chi connectivity index (χ0n) is 9.75. The Bertz CT molecular complexity index is 321. The minimum absolute atomic E-state index is 0.452. The second kappa shape index (κ2) is 4.91. The monoisotopic (exact) mass is 207 g/mol.